The molecule has 10 nitrogen and oxygen atoms in total. The molecule has 1 atom stereocenters. The zero-order chi connectivity index (χ0) is 32.0. The third-order valence-corrected chi connectivity index (χ3v) is 7.77. The van der Waals surface area contributed by atoms with Gasteiger partial charge in [-0.15, -0.1) is 0 Å². The first-order valence-electron chi connectivity index (χ1n) is 13.7. The second-order valence-electron chi connectivity index (χ2n) is 9.85. The van der Waals surface area contributed by atoms with Crippen molar-refractivity contribution in [2.24, 2.45) is 0 Å². The number of nitrogens with zero attached hydrogens (tertiary/aromatic N) is 2. The number of ether oxygens (including phenoxy) is 5. The summed E-state index contributed by atoms with van der Waals surface area (Å²) in [5.74, 6) is -0.390. The molecule has 1 aromatic heterocycles. The standard InChI is InChI=1S/C26H22N2O6S.C8H8O2/c1-31-18-6-4-5-15(11-18)12-19-24(16-7-9-20-21(13-16)28-35-27-20)25(29)34-26(19,30)17-8-10-22(32-2)23(14-17)33-3;1-10-8-4-2-3-7(5-8)6-9/h4-11,13-14,30H,12H2,1-3H3;2-6H,1H3. The van der Waals surface area contributed by atoms with Crippen LogP contribution in [0.5, 0.6) is 23.0 Å². The van der Waals surface area contributed by atoms with Crippen molar-refractivity contribution < 1.29 is 38.4 Å². The van der Waals surface area contributed by atoms with Crippen molar-refractivity contribution >= 4 is 40.6 Å². The number of carbonyl (C=O) groups is 2. The molecule has 230 valence electrons. The van der Waals surface area contributed by atoms with Crippen molar-refractivity contribution in [3.8, 4) is 23.0 Å². The maximum Gasteiger partial charge on any atom is 0.342 e. The molecule has 0 aliphatic carbocycles. The largest absolute Gasteiger partial charge is 0.497 e. The second kappa shape index (κ2) is 13.6. The summed E-state index contributed by atoms with van der Waals surface area (Å²) in [6.45, 7) is 0. The molecule has 1 unspecified atom stereocenters. The molecule has 0 bridgehead atoms. The predicted molar refractivity (Wildman–Crippen MR) is 169 cm³/mol. The normalized spacial score (nSPS) is 15.6. The number of rotatable bonds is 9. The Kier molecular flexibility index (Phi) is 9.41. The minimum Gasteiger partial charge on any atom is -0.497 e. The first kappa shape index (κ1) is 31.2. The van der Waals surface area contributed by atoms with Crippen LogP contribution in [0.2, 0.25) is 0 Å². The predicted octanol–water partition coefficient (Wildman–Crippen LogP) is 5.62. The van der Waals surface area contributed by atoms with Gasteiger partial charge in [-0.05, 0) is 65.7 Å². The molecule has 45 heavy (non-hydrogen) atoms. The molecule has 0 radical (unpaired) electrons. The van der Waals surface area contributed by atoms with Gasteiger partial charge in [-0.25, -0.2) is 4.79 Å². The lowest BCUT2D eigenvalue weighted by molar-refractivity contribution is -0.185. The Morgan fingerprint density at radius 2 is 1.51 bits per heavy atom. The van der Waals surface area contributed by atoms with Gasteiger partial charge in [0.1, 0.15) is 28.8 Å². The number of esters is 1. The molecule has 0 fully saturated rings. The summed E-state index contributed by atoms with van der Waals surface area (Å²) in [7, 11) is 6.19. The quantitative estimate of drug-likeness (QED) is 0.163. The average molecular weight is 627 g/mol. The van der Waals surface area contributed by atoms with E-state index in [4.69, 9.17) is 23.7 Å². The van der Waals surface area contributed by atoms with Gasteiger partial charge in [0, 0.05) is 23.1 Å². The van der Waals surface area contributed by atoms with E-state index < -0.39 is 11.8 Å². The van der Waals surface area contributed by atoms with Crippen LogP contribution in [0.15, 0.2) is 90.5 Å². The number of carbonyl (C=O) groups excluding carboxylic acids is 2. The Morgan fingerprint density at radius 1 is 0.800 bits per heavy atom. The van der Waals surface area contributed by atoms with Crippen molar-refractivity contribution in [2.75, 3.05) is 28.4 Å². The number of methoxy groups -OCH3 is 4. The molecule has 6 rings (SSSR count). The fraction of sp³-hybridized carbons (Fsp3) is 0.176. The van der Waals surface area contributed by atoms with Crippen LogP contribution in [0.1, 0.15) is 27.0 Å². The number of fused-ring (bicyclic) bond motifs is 1. The number of hydrogen-bond acceptors (Lipinski definition) is 11. The smallest absolute Gasteiger partial charge is 0.342 e. The molecule has 11 heteroatoms. The molecule has 0 saturated carbocycles. The van der Waals surface area contributed by atoms with Gasteiger partial charge in [-0.3, -0.25) is 4.79 Å². The van der Waals surface area contributed by atoms with Crippen LogP contribution < -0.4 is 18.9 Å². The minimum atomic E-state index is -2.02. The number of aldehydes is 1. The summed E-state index contributed by atoms with van der Waals surface area (Å²) in [6, 6.07) is 24.7. The van der Waals surface area contributed by atoms with Crippen LogP contribution in [0.25, 0.3) is 16.6 Å². The first-order chi connectivity index (χ1) is 21.8. The van der Waals surface area contributed by atoms with Gasteiger partial charge in [-0.2, -0.15) is 8.75 Å². The van der Waals surface area contributed by atoms with Gasteiger partial charge < -0.3 is 28.8 Å². The minimum absolute atomic E-state index is 0.233. The van der Waals surface area contributed by atoms with Crippen molar-refractivity contribution in [3.05, 3.63) is 113 Å². The number of aliphatic hydroxyl groups is 1. The third-order valence-electron chi connectivity index (χ3n) is 7.22. The first-order valence-corrected chi connectivity index (χ1v) is 14.4. The van der Waals surface area contributed by atoms with E-state index in [1.807, 2.05) is 24.3 Å². The van der Waals surface area contributed by atoms with Crippen molar-refractivity contribution in [1.29, 1.82) is 0 Å². The molecular weight excluding hydrogens is 596 g/mol. The lowest BCUT2D eigenvalue weighted by atomic mass is 9.88. The number of benzene rings is 4. The van der Waals surface area contributed by atoms with E-state index in [1.54, 1.807) is 74.9 Å². The van der Waals surface area contributed by atoms with Crippen LogP contribution in [0.3, 0.4) is 0 Å². The van der Waals surface area contributed by atoms with Gasteiger partial charge in [0.25, 0.3) is 5.79 Å². The maximum absolute atomic E-state index is 13.3. The average Bonchev–Trinajstić information content (AvgIpc) is 3.65. The van der Waals surface area contributed by atoms with Gasteiger partial charge in [0.15, 0.2) is 11.5 Å². The fourth-order valence-corrected chi connectivity index (χ4v) is 5.48. The van der Waals surface area contributed by atoms with Gasteiger partial charge in [0.05, 0.1) is 45.7 Å². The van der Waals surface area contributed by atoms with E-state index in [0.29, 0.717) is 50.8 Å². The lowest BCUT2D eigenvalue weighted by Crippen LogP contribution is -2.29. The molecular formula is C34H30N2O8S. The second-order valence-corrected chi connectivity index (χ2v) is 10.4. The van der Waals surface area contributed by atoms with Gasteiger partial charge >= 0.3 is 5.97 Å². The lowest BCUT2D eigenvalue weighted by Gasteiger charge is -2.26. The monoisotopic (exact) mass is 626 g/mol. The zero-order valence-electron chi connectivity index (χ0n) is 25.0. The number of hydrogen-bond donors (Lipinski definition) is 1. The van der Waals surface area contributed by atoms with Crippen LogP contribution in [0, 0.1) is 0 Å². The fourth-order valence-electron chi connectivity index (χ4n) is 4.96. The summed E-state index contributed by atoms with van der Waals surface area (Å²) in [4.78, 5) is 23.5. The molecule has 1 aliphatic rings. The molecule has 4 aromatic carbocycles. The van der Waals surface area contributed by atoms with Crippen molar-refractivity contribution in [1.82, 2.24) is 8.75 Å². The summed E-state index contributed by atoms with van der Waals surface area (Å²) in [5.41, 5.74) is 4.47. The van der Waals surface area contributed by atoms with Crippen molar-refractivity contribution in [3.63, 3.8) is 0 Å². The van der Waals surface area contributed by atoms with E-state index in [0.717, 1.165) is 29.1 Å². The summed E-state index contributed by atoms with van der Waals surface area (Å²) in [6.07, 6.45) is 1.03. The Bertz CT molecular complexity index is 1890. The van der Waals surface area contributed by atoms with Crippen LogP contribution in [0.4, 0.5) is 0 Å². The zero-order valence-corrected chi connectivity index (χ0v) is 25.8. The van der Waals surface area contributed by atoms with Crippen LogP contribution >= 0.6 is 11.7 Å². The highest BCUT2D eigenvalue weighted by Crippen LogP contribution is 2.46. The van der Waals surface area contributed by atoms with Crippen LogP contribution in [-0.2, 0) is 21.7 Å². The van der Waals surface area contributed by atoms with E-state index >= 15 is 0 Å². The van der Waals surface area contributed by atoms with Gasteiger partial charge in [0.2, 0.25) is 0 Å². The Hall–Kier alpha value is -5.26. The number of cyclic esters (lactones) is 1. The molecule has 0 amide bonds. The molecule has 2 heterocycles. The maximum atomic E-state index is 13.3. The number of aromatic nitrogens is 2. The Balaban J connectivity index is 0.000000342. The van der Waals surface area contributed by atoms with Crippen molar-refractivity contribution in [2.45, 2.75) is 12.2 Å². The van der Waals surface area contributed by atoms with E-state index in [2.05, 4.69) is 8.75 Å². The third kappa shape index (κ3) is 6.49. The molecule has 0 saturated heterocycles. The highest BCUT2D eigenvalue weighted by Gasteiger charge is 2.48. The van der Waals surface area contributed by atoms with E-state index in [-0.39, 0.29) is 12.0 Å². The molecule has 0 spiro atoms. The topological polar surface area (TPSA) is 126 Å². The van der Waals surface area contributed by atoms with Crippen LogP contribution in [-0.4, -0.2) is 54.5 Å². The molecule has 5 aromatic rings. The highest BCUT2D eigenvalue weighted by molar-refractivity contribution is 7.00. The Labute approximate surface area is 263 Å². The molecule has 1 aliphatic heterocycles. The summed E-state index contributed by atoms with van der Waals surface area (Å²) in [5, 5.41) is 11.9. The van der Waals surface area contributed by atoms with Gasteiger partial charge in [-0.1, -0.05) is 30.3 Å². The molecule has 1 N–H and O–H groups in total. The van der Waals surface area contributed by atoms with E-state index in [9.17, 15) is 14.7 Å². The summed E-state index contributed by atoms with van der Waals surface area (Å²) < 4.78 is 35.2. The highest BCUT2D eigenvalue weighted by atomic mass is 32.1. The summed E-state index contributed by atoms with van der Waals surface area (Å²) >= 11 is 1.10. The Morgan fingerprint density at radius 3 is 2.22 bits per heavy atom. The van der Waals surface area contributed by atoms with E-state index in [1.165, 1.54) is 14.2 Å². The SMILES string of the molecule is COc1cccc(C=O)c1.COc1cccc(CC2=C(c3ccc4nsnc4c3)C(=O)OC2(O)c2ccc(OC)c(OC)c2)c1.